The van der Waals surface area contributed by atoms with E-state index < -0.39 is 0 Å². The number of hydrogen-bond acceptors (Lipinski definition) is 3. The molecule has 1 aliphatic heterocycles. The van der Waals surface area contributed by atoms with Crippen molar-refractivity contribution in [2.45, 2.75) is 46.1 Å². The molecule has 1 unspecified atom stereocenters. The van der Waals surface area contributed by atoms with Crippen molar-refractivity contribution in [3.63, 3.8) is 0 Å². The number of nitrogens with zero attached hydrogens (tertiary/aromatic N) is 1. The zero-order chi connectivity index (χ0) is 21.5. The second-order valence-corrected chi connectivity index (χ2v) is 7.71. The summed E-state index contributed by atoms with van der Waals surface area (Å²) in [4.78, 5) is 5.81. The van der Waals surface area contributed by atoms with Crippen LogP contribution in [0.15, 0.2) is 72.5 Å². The molecule has 0 spiro atoms. The number of methoxy groups -OCH3 is 1. The minimum absolute atomic E-state index is 0.177. The zero-order valence-electron chi connectivity index (χ0n) is 18.7. The lowest BCUT2D eigenvalue weighted by molar-refractivity contribution is 0.216. The van der Waals surface area contributed by atoms with Gasteiger partial charge in [-0.3, -0.25) is 0 Å². The van der Waals surface area contributed by atoms with E-state index in [1.54, 1.807) is 13.4 Å². The summed E-state index contributed by atoms with van der Waals surface area (Å²) in [5.41, 5.74) is 6.41. The van der Waals surface area contributed by atoms with E-state index in [4.69, 9.17) is 9.47 Å². The number of hydrogen-bond donors (Lipinski definition) is 1. The van der Waals surface area contributed by atoms with E-state index in [0.717, 1.165) is 31.6 Å². The summed E-state index contributed by atoms with van der Waals surface area (Å²) in [7, 11) is 1.66. The molecule has 160 valence electrons. The number of allylic oxidation sites excluding steroid dienone is 2. The molecule has 0 aliphatic carbocycles. The highest BCUT2D eigenvalue weighted by molar-refractivity contribution is 5.84. The molecule has 0 radical (unpaired) electrons. The maximum atomic E-state index is 5.84. The first kappa shape index (κ1) is 21.8. The molecule has 1 N–H and O–H groups in total. The van der Waals surface area contributed by atoms with Gasteiger partial charge in [-0.2, -0.15) is 0 Å². The van der Waals surface area contributed by atoms with Crippen LogP contribution in [0.1, 0.15) is 37.8 Å². The van der Waals surface area contributed by atoms with E-state index in [0.29, 0.717) is 6.61 Å². The van der Waals surface area contributed by atoms with Crippen LogP contribution in [0.3, 0.4) is 0 Å². The Hall–Kier alpha value is -2.88. The van der Waals surface area contributed by atoms with Gasteiger partial charge in [-0.15, -0.1) is 0 Å². The normalized spacial score (nSPS) is 20.6. The van der Waals surface area contributed by atoms with Crippen molar-refractivity contribution >= 4 is 10.9 Å². The van der Waals surface area contributed by atoms with Gasteiger partial charge in [0.05, 0.1) is 19.8 Å². The van der Waals surface area contributed by atoms with Crippen LogP contribution in [0, 0.1) is 6.92 Å². The van der Waals surface area contributed by atoms with Gasteiger partial charge < -0.3 is 19.4 Å². The van der Waals surface area contributed by atoms with Crippen molar-refractivity contribution in [1.82, 2.24) is 9.88 Å². The van der Waals surface area contributed by atoms with Gasteiger partial charge >= 0.3 is 0 Å². The molecule has 0 saturated carbocycles. The third-order valence-electron chi connectivity index (χ3n) is 5.75. The number of aryl methyl sites for hydroxylation is 1. The minimum atomic E-state index is 0.177. The molecular weight excluding hydrogens is 372 g/mol. The smallest absolute Gasteiger partial charge is 0.153 e. The van der Waals surface area contributed by atoms with Crippen molar-refractivity contribution in [2.24, 2.45) is 0 Å². The highest BCUT2D eigenvalue weighted by Crippen LogP contribution is 2.33. The Kier molecular flexibility index (Phi) is 7.45. The molecule has 3 rings (SSSR count). The lowest BCUT2D eigenvalue weighted by Gasteiger charge is -2.31. The standard InChI is InChI=1S/C26H34N2O2/c1-6-20-10-9-13-28(7-2)26(24(20)16-22(18-29-5)30-8-3)15-21-17-27-25-12-11-19(4)14-23(21)25/h6-7,11-12,14,16-18,26-27H,2,8-10,13,15H2,1,3-5H3/b20-6-,22-18-,24-16+. The summed E-state index contributed by atoms with van der Waals surface area (Å²) in [6, 6.07) is 6.76. The number of aromatic amines is 1. The number of ether oxygens (including phenoxy) is 2. The lowest BCUT2D eigenvalue weighted by Crippen LogP contribution is -2.34. The van der Waals surface area contributed by atoms with Gasteiger partial charge in [0.1, 0.15) is 6.26 Å². The molecule has 4 nitrogen and oxygen atoms in total. The second kappa shape index (κ2) is 10.2. The Morgan fingerprint density at radius 2 is 2.20 bits per heavy atom. The summed E-state index contributed by atoms with van der Waals surface area (Å²) in [6.07, 6.45) is 13.2. The molecule has 0 amide bonds. The van der Waals surface area contributed by atoms with Crippen LogP contribution < -0.4 is 0 Å². The van der Waals surface area contributed by atoms with Crippen LogP contribution in [0.2, 0.25) is 0 Å². The molecule has 2 aromatic rings. The summed E-state index contributed by atoms with van der Waals surface area (Å²) < 4.78 is 11.1. The number of rotatable bonds is 7. The molecule has 1 saturated heterocycles. The van der Waals surface area contributed by atoms with E-state index in [9.17, 15) is 0 Å². The van der Waals surface area contributed by atoms with E-state index in [-0.39, 0.29) is 6.04 Å². The second-order valence-electron chi connectivity index (χ2n) is 7.71. The molecule has 4 heteroatoms. The minimum Gasteiger partial charge on any atom is -0.501 e. The quantitative estimate of drug-likeness (QED) is 0.571. The van der Waals surface area contributed by atoms with Crippen molar-refractivity contribution in [3.8, 4) is 0 Å². The number of fused-ring (bicyclic) bond motifs is 1. The maximum Gasteiger partial charge on any atom is 0.153 e. The Morgan fingerprint density at radius 1 is 1.37 bits per heavy atom. The topological polar surface area (TPSA) is 37.5 Å². The van der Waals surface area contributed by atoms with E-state index in [1.807, 2.05) is 13.1 Å². The molecule has 1 fully saturated rings. The van der Waals surface area contributed by atoms with Gasteiger partial charge in [0.15, 0.2) is 5.76 Å². The Bertz CT molecular complexity index is 965. The van der Waals surface area contributed by atoms with Gasteiger partial charge in [-0.25, -0.2) is 0 Å². The van der Waals surface area contributed by atoms with Gasteiger partial charge in [-0.1, -0.05) is 24.3 Å². The van der Waals surface area contributed by atoms with E-state index >= 15 is 0 Å². The largest absolute Gasteiger partial charge is 0.501 e. The van der Waals surface area contributed by atoms with Crippen molar-refractivity contribution < 1.29 is 9.47 Å². The Labute approximate surface area is 180 Å². The highest BCUT2D eigenvalue weighted by Gasteiger charge is 2.27. The first-order valence-electron chi connectivity index (χ1n) is 10.8. The molecule has 0 bridgehead atoms. The third kappa shape index (κ3) is 4.81. The maximum absolute atomic E-state index is 5.84. The summed E-state index contributed by atoms with van der Waals surface area (Å²) in [6.45, 7) is 12.0. The molecular formula is C26H34N2O2. The fourth-order valence-corrected chi connectivity index (χ4v) is 4.31. The average molecular weight is 407 g/mol. The first-order valence-corrected chi connectivity index (χ1v) is 10.8. The Morgan fingerprint density at radius 3 is 2.90 bits per heavy atom. The summed E-state index contributed by atoms with van der Waals surface area (Å²) in [5.74, 6) is 0.750. The number of H-pyrrole nitrogens is 1. The summed E-state index contributed by atoms with van der Waals surface area (Å²) >= 11 is 0. The van der Waals surface area contributed by atoms with Crippen molar-refractivity contribution in [2.75, 3.05) is 20.3 Å². The van der Waals surface area contributed by atoms with Crippen LogP contribution in [0.25, 0.3) is 10.9 Å². The SMILES string of the molecule is C=CN1CCCC(=C/C)/C(=C\C(=C\OC)OCC)C1Cc1c[nH]c2ccc(C)cc12. The van der Waals surface area contributed by atoms with Gasteiger partial charge in [0.2, 0.25) is 0 Å². The van der Waals surface area contributed by atoms with Crippen molar-refractivity contribution in [3.05, 3.63) is 83.6 Å². The number of likely N-dealkylation sites (tertiary alicyclic amines) is 1. The Balaban J connectivity index is 2.09. The fraction of sp³-hybridized carbons (Fsp3) is 0.385. The average Bonchev–Trinajstić information content (AvgIpc) is 3.05. The zero-order valence-corrected chi connectivity index (χ0v) is 18.7. The molecule has 2 heterocycles. The van der Waals surface area contributed by atoms with Crippen LogP contribution in [0.5, 0.6) is 0 Å². The number of benzene rings is 1. The highest BCUT2D eigenvalue weighted by atomic mass is 16.5. The van der Waals surface area contributed by atoms with Crippen molar-refractivity contribution in [1.29, 1.82) is 0 Å². The van der Waals surface area contributed by atoms with Crippen LogP contribution in [-0.4, -0.2) is 36.2 Å². The van der Waals surface area contributed by atoms with Crippen LogP contribution >= 0.6 is 0 Å². The van der Waals surface area contributed by atoms with Crippen LogP contribution in [-0.2, 0) is 15.9 Å². The molecule has 1 aromatic heterocycles. The monoisotopic (exact) mass is 406 g/mol. The first-order chi connectivity index (χ1) is 14.6. The van der Waals surface area contributed by atoms with Crippen LogP contribution in [0.4, 0.5) is 0 Å². The lowest BCUT2D eigenvalue weighted by atomic mass is 9.90. The molecule has 1 aromatic carbocycles. The molecule has 1 atom stereocenters. The van der Waals surface area contributed by atoms with E-state index in [2.05, 4.69) is 66.9 Å². The third-order valence-corrected chi connectivity index (χ3v) is 5.75. The summed E-state index contributed by atoms with van der Waals surface area (Å²) in [5, 5.41) is 1.29. The fourth-order valence-electron chi connectivity index (χ4n) is 4.31. The predicted molar refractivity (Wildman–Crippen MR) is 125 cm³/mol. The van der Waals surface area contributed by atoms with Gasteiger partial charge in [0.25, 0.3) is 0 Å². The number of aromatic nitrogens is 1. The molecule has 30 heavy (non-hydrogen) atoms. The van der Waals surface area contributed by atoms with Gasteiger partial charge in [0, 0.05) is 23.6 Å². The van der Waals surface area contributed by atoms with Gasteiger partial charge in [-0.05, 0) is 81.2 Å². The van der Waals surface area contributed by atoms with E-state index in [1.165, 1.54) is 33.2 Å². The molecule has 1 aliphatic rings. The number of nitrogens with one attached hydrogen (secondary N) is 1. The predicted octanol–water partition coefficient (Wildman–Crippen LogP) is 6.02.